The standard InChI is InChI=1S/C14H20N4O2/c1-18(14(19)16-10-6-2-3-7-10)12-9-5-4-8-11(12)13(15)17-20/h4-5,8-10,20H,2-3,6-7H2,1H3,(H2,15,17)(H,16,19). The second-order valence-corrected chi connectivity index (χ2v) is 4.99. The normalized spacial score (nSPS) is 16.1. The van der Waals surface area contributed by atoms with E-state index in [4.69, 9.17) is 10.9 Å². The molecular formula is C14H20N4O2. The maximum Gasteiger partial charge on any atom is 0.321 e. The monoisotopic (exact) mass is 276 g/mol. The van der Waals surface area contributed by atoms with Gasteiger partial charge in [-0.1, -0.05) is 30.1 Å². The first-order chi connectivity index (χ1) is 9.63. The van der Waals surface area contributed by atoms with Crippen LogP contribution in [0.25, 0.3) is 0 Å². The lowest BCUT2D eigenvalue weighted by Crippen LogP contribution is -2.42. The van der Waals surface area contributed by atoms with E-state index in [0.717, 1.165) is 25.7 Å². The molecule has 1 aliphatic rings. The number of amides is 2. The molecule has 20 heavy (non-hydrogen) atoms. The van der Waals surface area contributed by atoms with Crippen molar-refractivity contribution in [3.8, 4) is 0 Å². The van der Waals surface area contributed by atoms with Crippen LogP contribution in [0.1, 0.15) is 31.2 Å². The van der Waals surface area contributed by atoms with Crippen LogP contribution >= 0.6 is 0 Å². The Morgan fingerprint density at radius 2 is 2.05 bits per heavy atom. The lowest BCUT2D eigenvalue weighted by Gasteiger charge is -2.23. The molecular weight excluding hydrogens is 256 g/mol. The number of hydrogen-bond donors (Lipinski definition) is 3. The van der Waals surface area contributed by atoms with Crippen LogP contribution in [0.5, 0.6) is 0 Å². The summed E-state index contributed by atoms with van der Waals surface area (Å²) in [6, 6.07) is 7.14. The van der Waals surface area contributed by atoms with Gasteiger partial charge in [-0.3, -0.25) is 4.90 Å². The van der Waals surface area contributed by atoms with Gasteiger partial charge in [0.15, 0.2) is 5.84 Å². The van der Waals surface area contributed by atoms with Gasteiger partial charge in [0.25, 0.3) is 0 Å². The van der Waals surface area contributed by atoms with E-state index in [1.807, 2.05) is 6.07 Å². The molecule has 1 saturated carbocycles. The third kappa shape index (κ3) is 3.01. The van der Waals surface area contributed by atoms with Crippen molar-refractivity contribution in [1.29, 1.82) is 0 Å². The minimum atomic E-state index is -0.171. The molecule has 0 aromatic heterocycles. The summed E-state index contributed by atoms with van der Waals surface area (Å²) in [6.45, 7) is 0. The molecule has 0 radical (unpaired) electrons. The van der Waals surface area contributed by atoms with Crippen molar-refractivity contribution in [2.24, 2.45) is 10.9 Å². The highest BCUT2D eigenvalue weighted by Crippen LogP contribution is 2.21. The molecule has 1 aromatic rings. The van der Waals surface area contributed by atoms with E-state index >= 15 is 0 Å². The molecule has 1 aromatic carbocycles. The number of nitrogens with zero attached hydrogens (tertiary/aromatic N) is 2. The molecule has 0 saturated heterocycles. The number of nitrogens with two attached hydrogens (primary N) is 1. The van der Waals surface area contributed by atoms with Crippen LogP contribution in [0.2, 0.25) is 0 Å². The molecule has 0 atom stereocenters. The van der Waals surface area contributed by atoms with Crippen molar-refractivity contribution in [3.63, 3.8) is 0 Å². The highest BCUT2D eigenvalue weighted by Gasteiger charge is 2.21. The van der Waals surface area contributed by atoms with Gasteiger partial charge in [-0.15, -0.1) is 0 Å². The Balaban J connectivity index is 2.15. The van der Waals surface area contributed by atoms with Crippen molar-refractivity contribution in [2.75, 3.05) is 11.9 Å². The number of hydrogen-bond acceptors (Lipinski definition) is 3. The lowest BCUT2D eigenvalue weighted by atomic mass is 10.1. The summed E-state index contributed by atoms with van der Waals surface area (Å²) in [5.41, 5.74) is 6.77. The second kappa shape index (κ2) is 6.27. The van der Waals surface area contributed by atoms with E-state index in [1.54, 1.807) is 25.2 Å². The first-order valence-corrected chi connectivity index (χ1v) is 6.74. The number of amidine groups is 1. The maximum atomic E-state index is 12.2. The average Bonchev–Trinajstić information content (AvgIpc) is 2.98. The van der Waals surface area contributed by atoms with Crippen molar-refractivity contribution >= 4 is 17.6 Å². The third-order valence-electron chi connectivity index (χ3n) is 3.64. The first kappa shape index (κ1) is 14.2. The zero-order valence-electron chi connectivity index (χ0n) is 11.5. The molecule has 2 amide bonds. The topological polar surface area (TPSA) is 91.0 Å². The highest BCUT2D eigenvalue weighted by molar-refractivity contribution is 6.05. The van der Waals surface area contributed by atoms with E-state index in [2.05, 4.69) is 10.5 Å². The number of nitrogens with one attached hydrogen (secondary N) is 1. The van der Waals surface area contributed by atoms with Gasteiger partial charge < -0.3 is 16.3 Å². The quantitative estimate of drug-likeness (QED) is 0.340. The van der Waals surface area contributed by atoms with Gasteiger partial charge >= 0.3 is 6.03 Å². The minimum Gasteiger partial charge on any atom is -0.409 e. The summed E-state index contributed by atoms with van der Waals surface area (Å²) < 4.78 is 0. The summed E-state index contributed by atoms with van der Waals surface area (Å²) in [6.07, 6.45) is 4.38. The third-order valence-corrected chi connectivity index (χ3v) is 3.64. The van der Waals surface area contributed by atoms with Gasteiger partial charge in [0.1, 0.15) is 0 Å². The molecule has 1 fully saturated rings. The van der Waals surface area contributed by atoms with Crippen LogP contribution in [0.3, 0.4) is 0 Å². The van der Waals surface area contributed by atoms with Crippen molar-refractivity contribution in [3.05, 3.63) is 29.8 Å². The fraction of sp³-hybridized carbons (Fsp3) is 0.429. The zero-order valence-corrected chi connectivity index (χ0v) is 11.5. The Labute approximate surface area is 118 Å². The number of rotatable bonds is 3. The first-order valence-electron chi connectivity index (χ1n) is 6.74. The van der Waals surface area contributed by atoms with Gasteiger partial charge in [0.2, 0.25) is 0 Å². The van der Waals surface area contributed by atoms with Gasteiger partial charge in [-0.2, -0.15) is 0 Å². The van der Waals surface area contributed by atoms with E-state index < -0.39 is 0 Å². The van der Waals surface area contributed by atoms with Crippen LogP contribution in [0.15, 0.2) is 29.4 Å². The Kier molecular flexibility index (Phi) is 4.45. The van der Waals surface area contributed by atoms with E-state index in [9.17, 15) is 4.79 Å². The van der Waals surface area contributed by atoms with Crippen molar-refractivity contribution in [2.45, 2.75) is 31.7 Å². The van der Waals surface area contributed by atoms with Crippen LogP contribution in [-0.4, -0.2) is 30.2 Å². The van der Waals surface area contributed by atoms with E-state index in [1.165, 1.54) is 4.90 Å². The second-order valence-electron chi connectivity index (χ2n) is 4.99. The number of anilines is 1. The minimum absolute atomic E-state index is 0.0129. The highest BCUT2D eigenvalue weighted by atomic mass is 16.4. The van der Waals surface area contributed by atoms with Crippen LogP contribution in [0, 0.1) is 0 Å². The summed E-state index contributed by atoms with van der Waals surface area (Å²) in [5, 5.41) is 14.8. The van der Waals surface area contributed by atoms with Gasteiger partial charge in [0.05, 0.1) is 5.69 Å². The molecule has 4 N–H and O–H groups in total. The van der Waals surface area contributed by atoms with Crippen molar-refractivity contribution in [1.82, 2.24) is 5.32 Å². The predicted octanol–water partition coefficient (Wildman–Crippen LogP) is 1.87. The Morgan fingerprint density at radius 3 is 2.70 bits per heavy atom. The van der Waals surface area contributed by atoms with Crippen LogP contribution in [-0.2, 0) is 0 Å². The Hall–Kier alpha value is -2.24. The number of benzene rings is 1. The zero-order chi connectivity index (χ0) is 14.5. The molecule has 1 aliphatic carbocycles. The molecule has 2 rings (SSSR count). The number of carbonyl (C=O) groups is 1. The number of urea groups is 1. The van der Waals surface area contributed by atoms with Gasteiger partial charge in [-0.05, 0) is 25.0 Å². The molecule has 108 valence electrons. The van der Waals surface area contributed by atoms with Gasteiger partial charge in [-0.25, -0.2) is 4.79 Å². The van der Waals surface area contributed by atoms with Crippen LogP contribution < -0.4 is 16.0 Å². The van der Waals surface area contributed by atoms with E-state index in [-0.39, 0.29) is 17.9 Å². The molecule has 6 nitrogen and oxygen atoms in total. The summed E-state index contributed by atoms with van der Waals surface area (Å²) in [5.74, 6) is -0.0129. The Morgan fingerprint density at radius 1 is 1.40 bits per heavy atom. The summed E-state index contributed by atoms with van der Waals surface area (Å²) >= 11 is 0. The fourth-order valence-electron chi connectivity index (χ4n) is 2.49. The lowest BCUT2D eigenvalue weighted by molar-refractivity contribution is 0.244. The smallest absolute Gasteiger partial charge is 0.321 e. The fourth-order valence-corrected chi connectivity index (χ4v) is 2.49. The maximum absolute atomic E-state index is 12.2. The predicted molar refractivity (Wildman–Crippen MR) is 78.1 cm³/mol. The van der Waals surface area contributed by atoms with Crippen molar-refractivity contribution < 1.29 is 10.0 Å². The molecule has 0 aliphatic heterocycles. The summed E-state index contributed by atoms with van der Waals surface area (Å²) in [7, 11) is 1.67. The Bertz CT molecular complexity index is 510. The molecule has 6 heteroatoms. The molecule has 0 heterocycles. The number of para-hydroxylation sites is 1. The average molecular weight is 276 g/mol. The summed E-state index contributed by atoms with van der Waals surface area (Å²) in [4.78, 5) is 13.7. The number of carbonyl (C=O) groups excluding carboxylic acids is 1. The van der Waals surface area contributed by atoms with Gasteiger partial charge in [0, 0.05) is 18.7 Å². The van der Waals surface area contributed by atoms with E-state index in [0.29, 0.717) is 11.3 Å². The molecule has 0 spiro atoms. The molecule has 0 bridgehead atoms. The molecule has 0 unspecified atom stereocenters. The number of oxime groups is 1. The van der Waals surface area contributed by atoms with Crippen LogP contribution in [0.4, 0.5) is 10.5 Å². The largest absolute Gasteiger partial charge is 0.409 e. The SMILES string of the molecule is CN(C(=O)NC1CCCC1)c1ccccc1/C(N)=N/O.